The fraction of sp³-hybridized carbons (Fsp3) is 0.800. The zero-order valence-corrected chi connectivity index (χ0v) is 8.69. The van der Waals surface area contributed by atoms with E-state index in [1.165, 1.54) is 7.11 Å². The average molecular weight is 213 g/mol. The number of esters is 2. The molecule has 0 spiro atoms. The van der Waals surface area contributed by atoms with Gasteiger partial charge >= 0.3 is 11.9 Å². The van der Waals surface area contributed by atoms with Crippen LogP contribution in [0.2, 0.25) is 0 Å². The summed E-state index contributed by atoms with van der Waals surface area (Å²) in [5.41, 5.74) is 0. The standard InChI is InChI=1S/C10H15NO4/c1-14-10(13)8-4-7(5-11-8)15-9(12)6-2-3-6/h6-8,11H,2-5H2,1H3/t7-,8-/m0/s1. The molecule has 15 heavy (non-hydrogen) atoms. The van der Waals surface area contributed by atoms with E-state index >= 15 is 0 Å². The van der Waals surface area contributed by atoms with Crippen molar-refractivity contribution in [3.8, 4) is 0 Å². The molecule has 1 aliphatic heterocycles. The first-order chi connectivity index (χ1) is 7.20. The lowest BCUT2D eigenvalue weighted by Crippen LogP contribution is -2.31. The molecule has 2 aliphatic rings. The fourth-order valence-electron chi connectivity index (χ4n) is 1.69. The van der Waals surface area contributed by atoms with Gasteiger partial charge in [0.2, 0.25) is 0 Å². The molecule has 1 saturated carbocycles. The summed E-state index contributed by atoms with van der Waals surface area (Å²) in [6.07, 6.45) is 2.23. The van der Waals surface area contributed by atoms with Gasteiger partial charge in [0.15, 0.2) is 0 Å². The van der Waals surface area contributed by atoms with E-state index in [1.807, 2.05) is 0 Å². The molecular formula is C10H15NO4. The lowest BCUT2D eigenvalue weighted by molar-refractivity contribution is -0.151. The largest absolute Gasteiger partial charge is 0.468 e. The zero-order valence-electron chi connectivity index (χ0n) is 8.69. The van der Waals surface area contributed by atoms with E-state index in [4.69, 9.17) is 4.74 Å². The Bertz CT molecular complexity index is 275. The summed E-state index contributed by atoms with van der Waals surface area (Å²) in [5.74, 6) is -0.297. The number of carbonyl (C=O) groups is 2. The minimum Gasteiger partial charge on any atom is -0.468 e. The lowest BCUT2D eigenvalue weighted by atomic mass is 10.2. The van der Waals surface area contributed by atoms with E-state index in [9.17, 15) is 9.59 Å². The van der Waals surface area contributed by atoms with Gasteiger partial charge in [0.25, 0.3) is 0 Å². The smallest absolute Gasteiger partial charge is 0.323 e. The van der Waals surface area contributed by atoms with Gasteiger partial charge < -0.3 is 14.8 Å². The summed E-state index contributed by atoms with van der Waals surface area (Å²) in [7, 11) is 1.35. The molecule has 2 rings (SSSR count). The van der Waals surface area contributed by atoms with Gasteiger partial charge in [0, 0.05) is 13.0 Å². The maximum atomic E-state index is 11.3. The van der Waals surface area contributed by atoms with Gasteiger partial charge in [-0.25, -0.2) is 0 Å². The SMILES string of the molecule is COC(=O)[C@@H]1C[C@H](OC(=O)C2CC2)CN1. The Morgan fingerprint density at radius 3 is 2.60 bits per heavy atom. The average Bonchev–Trinajstić information content (AvgIpc) is 2.99. The summed E-state index contributed by atoms with van der Waals surface area (Å²) in [5, 5.41) is 2.97. The minimum absolute atomic E-state index is 0.113. The van der Waals surface area contributed by atoms with Gasteiger partial charge in [0.05, 0.1) is 13.0 Å². The zero-order chi connectivity index (χ0) is 10.8. The van der Waals surface area contributed by atoms with Crippen LogP contribution < -0.4 is 5.32 Å². The van der Waals surface area contributed by atoms with E-state index in [2.05, 4.69) is 10.1 Å². The van der Waals surface area contributed by atoms with Crippen molar-refractivity contribution >= 4 is 11.9 Å². The molecular weight excluding hydrogens is 198 g/mol. The number of rotatable bonds is 3. The summed E-state index contributed by atoms with van der Waals surface area (Å²) in [6.45, 7) is 0.540. The van der Waals surface area contributed by atoms with Crippen LogP contribution in [-0.2, 0) is 19.1 Å². The molecule has 5 nitrogen and oxygen atoms in total. The van der Waals surface area contributed by atoms with Gasteiger partial charge in [-0.15, -0.1) is 0 Å². The summed E-state index contributed by atoms with van der Waals surface area (Å²) >= 11 is 0. The van der Waals surface area contributed by atoms with Crippen molar-refractivity contribution in [3.63, 3.8) is 0 Å². The molecule has 0 bridgehead atoms. The Morgan fingerprint density at radius 2 is 2.00 bits per heavy atom. The lowest BCUT2D eigenvalue weighted by Gasteiger charge is -2.10. The van der Waals surface area contributed by atoms with E-state index in [-0.39, 0.29) is 30.0 Å². The fourth-order valence-corrected chi connectivity index (χ4v) is 1.69. The molecule has 0 radical (unpaired) electrons. The molecule has 5 heteroatoms. The third-order valence-corrected chi connectivity index (χ3v) is 2.77. The molecule has 0 aromatic heterocycles. The number of ether oxygens (including phenoxy) is 2. The normalized spacial score (nSPS) is 29.9. The van der Waals surface area contributed by atoms with E-state index in [0.717, 1.165) is 12.8 Å². The molecule has 1 heterocycles. The highest BCUT2D eigenvalue weighted by Crippen LogP contribution is 2.31. The van der Waals surface area contributed by atoms with Crippen molar-refractivity contribution in [3.05, 3.63) is 0 Å². The Kier molecular flexibility index (Phi) is 2.90. The first-order valence-corrected chi connectivity index (χ1v) is 5.22. The molecule has 1 saturated heterocycles. The molecule has 0 aromatic rings. The van der Waals surface area contributed by atoms with Crippen LogP contribution >= 0.6 is 0 Å². The Hall–Kier alpha value is -1.10. The van der Waals surface area contributed by atoms with Gasteiger partial charge in [-0.05, 0) is 12.8 Å². The summed E-state index contributed by atoms with van der Waals surface area (Å²) in [6, 6.07) is -0.327. The predicted molar refractivity (Wildman–Crippen MR) is 51.0 cm³/mol. The van der Waals surface area contributed by atoms with E-state index in [0.29, 0.717) is 13.0 Å². The second kappa shape index (κ2) is 4.18. The Labute approximate surface area is 88.1 Å². The second-order valence-electron chi connectivity index (χ2n) is 4.05. The molecule has 0 unspecified atom stereocenters. The highest BCUT2D eigenvalue weighted by Gasteiger charge is 2.36. The number of hydrogen-bond acceptors (Lipinski definition) is 5. The molecule has 0 amide bonds. The summed E-state index contributed by atoms with van der Waals surface area (Å²) in [4.78, 5) is 22.5. The minimum atomic E-state index is -0.327. The van der Waals surface area contributed by atoms with Crippen LogP contribution in [0.5, 0.6) is 0 Å². The van der Waals surface area contributed by atoms with Crippen molar-refractivity contribution < 1.29 is 19.1 Å². The van der Waals surface area contributed by atoms with Crippen molar-refractivity contribution in [2.75, 3.05) is 13.7 Å². The molecule has 2 atom stereocenters. The third-order valence-electron chi connectivity index (χ3n) is 2.77. The number of carbonyl (C=O) groups excluding carboxylic acids is 2. The van der Waals surface area contributed by atoms with Gasteiger partial charge in [-0.2, -0.15) is 0 Å². The van der Waals surface area contributed by atoms with E-state index < -0.39 is 0 Å². The van der Waals surface area contributed by atoms with Crippen LogP contribution in [0, 0.1) is 5.92 Å². The van der Waals surface area contributed by atoms with Crippen LogP contribution in [-0.4, -0.2) is 37.7 Å². The molecule has 2 fully saturated rings. The van der Waals surface area contributed by atoms with Crippen LogP contribution in [0.15, 0.2) is 0 Å². The topological polar surface area (TPSA) is 64.6 Å². The monoisotopic (exact) mass is 213 g/mol. The van der Waals surface area contributed by atoms with Crippen molar-refractivity contribution in [2.24, 2.45) is 5.92 Å². The van der Waals surface area contributed by atoms with Crippen molar-refractivity contribution in [1.29, 1.82) is 0 Å². The van der Waals surface area contributed by atoms with Crippen molar-refractivity contribution in [1.82, 2.24) is 5.32 Å². The van der Waals surface area contributed by atoms with E-state index in [1.54, 1.807) is 0 Å². The van der Waals surface area contributed by atoms with Gasteiger partial charge in [-0.3, -0.25) is 9.59 Å². The Balaban J connectivity index is 1.76. The molecule has 1 aliphatic carbocycles. The number of methoxy groups -OCH3 is 1. The Morgan fingerprint density at radius 1 is 1.27 bits per heavy atom. The van der Waals surface area contributed by atoms with Gasteiger partial charge in [0.1, 0.15) is 12.1 Å². The first-order valence-electron chi connectivity index (χ1n) is 5.22. The second-order valence-corrected chi connectivity index (χ2v) is 4.05. The highest BCUT2D eigenvalue weighted by molar-refractivity contribution is 5.77. The van der Waals surface area contributed by atoms with Crippen LogP contribution in [0.1, 0.15) is 19.3 Å². The van der Waals surface area contributed by atoms with Crippen LogP contribution in [0.4, 0.5) is 0 Å². The molecule has 1 N–H and O–H groups in total. The summed E-state index contributed by atoms with van der Waals surface area (Å²) < 4.78 is 9.86. The molecule has 84 valence electrons. The highest BCUT2D eigenvalue weighted by atomic mass is 16.5. The number of nitrogens with one attached hydrogen (secondary N) is 1. The maximum Gasteiger partial charge on any atom is 0.323 e. The predicted octanol–water partition coefficient (Wildman–Crippen LogP) is -0.157. The number of hydrogen-bond donors (Lipinski definition) is 1. The first kappa shape index (κ1) is 10.4. The van der Waals surface area contributed by atoms with Crippen LogP contribution in [0.25, 0.3) is 0 Å². The maximum absolute atomic E-state index is 11.3. The van der Waals surface area contributed by atoms with Crippen LogP contribution in [0.3, 0.4) is 0 Å². The van der Waals surface area contributed by atoms with Gasteiger partial charge in [-0.1, -0.05) is 0 Å². The molecule has 0 aromatic carbocycles. The van der Waals surface area contributed by atoms with Crippen molar-refractivity contribution in [2.45, 2.75) is 31.4 Å². The third kappa shape index (κ3) is 2.47. The quantitative estimate of drug-likeness (QED) is 0.660.